The van der Waals surface area contributed by atoms with Gasteiger partial charge in [0, 0.05) is 17.7 Å². The summed E-state index contributed by atoms with van der Waals surface area (Å²) in [4.78, 5) is 8.77. The van der Waals surface area contributed by atoms with E-state index in [-0.39, 0.29) is 12.0 Å². The molecule has 0 bridgehead atoms. The van der Waals surface area contributed by atoms with E-state index in [1.165, 1.54) is 16.7 Å². The summed E-state index contributed by atoms with van der Waals surface area (Å²) in [5.74, 6) is 0.119. The minimum Gasteiger partial charge on any atom is -0.386 e. The molecule has 5 rings (SSSR count). The second-order valence-corrected chi connectivity index (χ2v) is 6.41. The Morgan fingerprint density at radius 2 is 2.04 bits per heavy atom. The highest BCUT2D eigenvalue weighted by Crippen LogP contribution is 2.49. The molecule has 3 heterocycles. The fourth-order valence-electron chi connectivity index (χ4n) is 4.25. The fraction of sp³-hybridized carbons (Fsp3) is 0.263. The number of aliphatic hydroxyl groups excluding tert-OH is 1. The Bertz CT molecular complexity index is 886. The van der Waals surface area contributed by atoms with Gasteiger partial charge in [-0.3, -0.25) is 4.98 Å². The third-order valence-electron chi connectivity index (χ3n) is 5.29. The van der Waals surface area contributed by atoms with Crippen molar-refractivity contribution in [1.29, 1.82) is 0 Å². The molecule has 0 fully saturated rings. The second kappa shape index (κ2) is 4.77. The van der Waals surface area contributed by atoms with Crippen molar-refractivity contribution in [3.63, 3.8) is 0 Å². The first kappa shape index (κ1) is 13.0. The van der Waals surface area contributed by atoms with Crippen LogP contribution < -0.4 is 0 Å². The van der Waals surface area contributed by atoms with Gasteiger partial charge in [0.2, 0.25) is 0 Å². The minimum atomic E-state index is -0.536. The number of aliphatic hydroxyl groups is 1. The fourth-order valence-corrected chi connectivity index (χ4v) is 4.25. The molecule has 4 nitrogen and oxygen atoms in total. The summed E-state index contributed by atoms with van der Waals surface area (Å²) in [6, 6.07) is 12.6. The molecule has 1 aromatic carbocycles. The zero-order chi connectivity index (χ0) is 15.4. The maximum Gasteiger partial charge on any atom is 0.101 e. The van der Waals surface area contributed by atoms with E-state index < -0.39 is 6.10 Å². The van der Waals surface area contributed by atoms with Crippen molar-refractivity contribution in [3.05, 3.63) is 71.9 Å². The highest BCUT2D eigenvalue weighted by atomic mass is 16.3. The normalized spacial score (nSPS) is 24.8. The number of pyridine rings is 1. The Kier molecular flexibility index (Phi) is 2.70. The molecule has 1 aliphatic carbocycles. The molecular weight excluding hydrogens is 286 g/mol. The van der Waals surface area contributed by atoms with Crippen LogP contribution in [-0.4, -0.2) is 19.6 Å². The van der Waals surface area contributed by atoms with Crippen molar-refractivity contribution in [2.75, 3.05) is 0 Å². The van der Waals surface area contributed by atoms with Gasteiger partial charge in [0.05, 0.1) is 30.0 Å². The number of hydrogen-bond donors (Lipinski definition) is 1. The van der Waals surface area contributed by atoms with Gasteiger partial charge in [-0.05, 0) is 30.0 Å². The molecule has 0 saturated carbocycles. The maximum absolute atomic E-state index is 11.0. The predicted octanol–water partition coefficient (Wildman–Crippen LogP) is 3.14. The molecule has 2 aliphatic rings. The van der Waals surface area contributed by atoms with Gasteiger partial charge in [-0.1, -0.05) is 30.3 Å². The lowest BCUT2D eigenvalue weighted by Gasteiger charge is -2.34. The van der Waals surface area contributed by atoms with Crippen molar-refractivity contribution < 1.29 is 5.11 Å². The largest absolute Gasteiger partial charge is 0.386 e. The molecule has 0 radical (unpaired) electrons. The van der Waals surface area contributed by atoms with E-state index in [1.54, 1.807) is 6.20 Å². The van der Waals surface area contributed by atoms with Gasteiger partial charge >= 0.3 is 0 Å². The molecule has 0 spiro atoms. The molecule has 0 saturated heterocycles. The summed E-state index contributed by atoms with van der Waals surface area (Å²) in [7, 11) is 0. The van der Waals surface area contributed by atoms with Crippen LogP contribution in [0.25, 0.3) is 11.3 Å². The number of aryl methyl sites for hydroxylation is 1. The van der Waals surface area contributed by atoms with Crippen molar-refractivity contribution in [1.82, 2.24) is 14.5 Å². The van der Waals surface area contributed by atoms with Gasteiger partial charge in [0.25, 0.3) is 0 Å². The minimum absolute atomic E-state index is 0.119. The molecule has 2 aromatic heterocycles. The summed E-state index contributed by atoms with van der Waals surface area (Å²) in [6.45, 7) is 0. The molecule has 114 valence electrons. The smallest absolute Gasteiger partial charge is 0.101 e. The zero-order valence-electron chi connectivity index (χ0n) is 12.6. The average molecular weight is 303 g/mol. The van der Waals surface area contributed by atoms with Crippen LogP contribution in [-0.2, 0) is 6.42 Å². The Morgan fingerprint density at radius 3 is 3.00 bits per heavy atom. The van der Waals surface area contributed by atoms with E-state index >= 15 is 0 Å². The van der Waals surface area contributed by atoms with Gasteiger partial charge < -0.3 is 9.67 Å². The van der Waals surface area contributed by atoms with E-state index in [2.05, 4.69) is 44.9 Å². The van der Waals surface area contributed by atoms with Gasteiger partial charge in [-0.2, -0.15) is 0 Å². The average Bonchev–Trinajstić information content (AvgIpc) is 3.17. The van der Waals surface area contributed by atoms with Crippen molar-refractivity contribution in [2.24, 2.45) is 5.92 Å². The summed E-state index contributed by atoms with van der Waals surface area (Å²) in [6.07, 6.45) is 6.96. The number of nitrogens with zero attached hydrogens (tertiary/aromatic N) is 3. The number of aromatic nitrogens is 3. The lowest BCUT2D eigenvalue weighted by atomic mass is 9.78. The molecule has 3 aromatic rings. The SMILES string of the molecule is O[C@H]1c2ncccc2CC[C@H]1C1c2ccccc2-c2cncn21. The van der Waals surface area contributed by atoms with E-state index in [9.17, 15) is 5.11 Å². The standard InChI is InChI=1S/C19H17N3O/c23-19-15(8-7-12-4-3-9-21-17(12)19)18-14-6-2-1-5-13(14)16-10-20-11-22(16)18/h1-6,9-11,15,18-19,23H,7-8H2/t15-,18?,19+/m0/s1. The highest BCUT2D eigenvalue weighted by molar-refractivity contribution is 5.69. The first-order valence-corrected chi connectivity index (χ1v) is 8.07. The third-order valence-corrected chi connectivity index (χ3v) is 5.29. The number of benzene rings is 1. The number of rotatable bonds is 1. The third kappa shape index (κ3) is 1.75. The van der Waals surface area contributed by atoms with Gasteiger partial charge in [0.15, 0.2) is 0 Å². The Labute approximate surface area is 134 Å². The monoisotopic (exact) mass is 303 g/mol. The Hall–Kier alpha value is -2.46. The van der Waals surface area contributed by atoms with Gasteiger partial charge in [-0.25, -0.2) is 4.98 Å². The highest BCUT2D eigenvalue weighted by Gasteiger charge is 2.40. The van der Waals surface area contributed by atoms with Crippen LogP contribution in [0.2, 0.25) is 0 Å². The van der Waals surface area contributed by atoms with E-state index in [4.69, 9.17) is 0 Å². The maximum atomic E-state index is 11.0. The molecule has 3 atom stereocenters. The lowest BCUT2D eigenvalue weighted by molar-refractivity contribution is 0.0679. The number of hydrogen-bond acceptors (Lipinski definition) is 3. The first-order valence-electron chi connectivity index (χ1n) is 8.07. The predicted molar refractivity (Wildman–Crippen MR) is 86.8 cm³/mol. The quantitative estimate of drug-likeness (QED) is 0.751. The van der Waals surface area contributed by atoms with Gasteiger partial charge in [-0.15, -0.1) is 0 Å². The van der Waals surface area contributed by atoms with Crippen molar-refractivity contribution >= 4 is 0 Å². The van der Waals surface area contributed by atoms with Crippen LogP contribution in [0.5, 0.6) is 0 Å². The molecule has 0 amide bonds. The Morgan fingerprint density at radius 1 is 1.13 bits per heavy atom. The molecule has 1 unspecified atom stereocenters. The summed E-state index contributed by atoms with van der Waals surface area (Å²) in [5, 5.41) is 11.0. The van der Waals surface area contributed by atoms with Gasteiger partial charge in [0.1, 0.15) is 6.10 Å². The number of imidazole rings is 1. The Balaban J connectivity index is 1.64. The lowest BCUT2D eigenvalue weighted by Crippen LogP contribution is -2.29. The van der Waals surface area contributed by atoms with Crippen molar-refractivity contribution in [3.8, 4) is 11.3 Å². The van der Waals surface area contributed by atoms with Crippen LogP contribution in [0.15, 0.2) is 55.1 Å². The number of fused-ring (bicyclic) bond motifs is 4. The summed E-state index contributed by atoms with van der Waals surface area (Å²) < 4.78 is 2.21. The first-order chi connectivity index (χ1) is 11.3. The molecule has 23 heavy (non-hydrogen) atoms. The summed E-state index contributed by atoms with van der Waals surface area (Å²) >= 11 is 0. The molecular formula is C19H17N3O. The van der Waals surface area contributed by atoms with Crippen LogP contribution in [0.1, 0.15) is 35.4 Å². The second-order valence-electron chi connectivity index (χ2n) is 6.41. The topological polar surface area (TPSA) is 50.9 Å². The van der Waals surface area contributed by atoms with Crippen LogP contribution in [0.4, 0.5) is 0 Å². The molecule has 1 N–H and O–H groups in total. The van der Waals surface area contributed by atoms with E-state index in [0.29, 0.717) is 0 Å². The molecule has 1 aliphatic heterocycles. The molecule has 4 heteroatoms. The van der Waals surface area contributed by atoms with Crippen molar-refractivity contribution in [2.45, 2.75) is 25.0 Å². The van der Waals surface area contributed by atoms with E-state index in [0.717, 1.165) is 24.2 Å². The zero-order valence-corrected chi connectivity index (χ0v) is 12.6. The van der Waals surface area contributed by atoms with E-state index in [1.807, 2.05) is 18.6 Å². The van der Waals surface area contributed by atoms with Crippen LogP contribution in [0.3, 0.4) is 0 Å². The van der Waals surface area contributed by atoms with Crippen LogP contribution >= 0.6 is 0 Å². The summed E-state index contributed by atoms with van der Waals surface area (Å²) in [5.41, 5.74) is 5.68. The van der Waals surface area contributed by atoms with Crippen LogP contribution in [0, 0.1) is 5.92 Å².